The summed E-state index contributed by atoms with van der Waals surface area (Å²) in [5, 5.41) is 15.9. The van der Waals surface area contributed by atoms with Gasteiger partial charge < -0.3 is 15.6 Å². The first-order valence-electron chi connectivity index (χ1n) is 8.89. The van der Waals surface area contributed by atoms with E-state index >= 15 is 0 Å². The molecule has 3 N–H and O–H groups in total. The van der Waals surface area contributed by atoms with E-state index in [-0.39, 0.29) is 17.7 Å². The molecule has 3 aromatic rings. The van der Waals surface area contributed by atoms with E-state index in [2.05, 4.69) is 25.6 Å². The lowest BCUT2D eigenvalue weighted by Gasteiger charge is -2.24. The third-order valence-electron chi connectivity index (χ3n) is 4.79. The summed E-state index contributed by atoms with van der Waals surface area (Å²) in [6.07, 6.45) is -0.402. The minimum Gasteiger partial charge on any atom is -0.360 e. The van der Waals surface area contributed by atoms with Crippen LogP contribution < -0.4 is 10.6 Å². The van der Waals surface area contributed by atoms with E-state index in [4.69, 9.17) is 5.26 Å². The standard InChI is InChI=1S/C19H17F3N6/c20-19(21,22)15-10-26-18(27-12-2-1-5-24-8-12)28-17(15)14-9-25-16-6-11(7-23)3-4-13(14)16/h3-4,6,9-10,12,24-25H,1-2,5,8H2,(H,26,27,28)/t12-/m0/s1. The fourth-order valence-electron chi connectivity index (χ4n) is 3.41. The summed E-state index contributed by atoms with van der Waals surface area (Å²) in [6.45, 7) is 1.64. The number of nitrogens with zero attached hydrogens (tertiary/aromatic N) is 3. The lowest BCUT2D eigenvalue weighted by Crippen LogP contribution is -2.38. The van der Waals surface area contributed by atoms with Gasteiger partial charge in [0.2, 0.25) is 5.95 Å². The second-order valence-corrected chi connectivity index (χ2v) is 6.72. The van der Waals surface area contributed by atoms with Crippen molar-refractivity contribution in [2.45, 2.75) is 25.1 Å². The van der Waals surface area contributed by atoms with Crippen molar-refractivity contribution >= 4 is 16.9 Å². The fraction of sp³-hybridized carbons (Fsp3) is 0.316. The molecule has 0 amide bonds. The first kappa shape index (κ1) is 18.3. The second kappa shape index (κ2) is 7.13. The Balaban J connectivity index is 1.79. The molecule has 0 saturated carbocycles. The van der Waals surface area contributed by atoms with Crippen LogP contribution in [0.5, 0.6) is 0 Å². The number of hydrogen-bond acceptors (Lipinski definition) is 5. The van der Waals surface area contributed by atoms with Crippen molar-refractivity contribution in [3.05, 3.63) is 41.7 Å². The number of piperidine rings is 1. The van der Waals surface area contributed by atoms with Crippen molar-refractivity contribution in [3.63, 3.8) is 0 Å². The summed E-state index contributed by atoms with van der Waals surface area (Å²) in [7, 11) is 0. The molecule has 144 valence electrons. The Bertz CT molecular complexity index is 1040. The quantitative estimate of drug-likeness (QED) is 0.639. The highest BCUT2D eigenvalue weighted by Crippen LogP contribution is 2.38. The number of rotatable bonds is 3. The van der Waals surface area contributed by atoms with Gasteiger partial charge in [-0.3, -0.25) is 0 Å². The van der Waals surface area contributed by atoms with Gasteiger partial charge in [-0.2, -0.15) is 18.4 Å². The molecule has 0 spiro atoms. The minimum atomic E-state index is -4.59. The van der Waals surface area contributed by atoms with E-state index < -0.39 is 11.7 Å². The lowest BCUT2D eigenvalue weighted by atomic mass is 10.0. The van der Waals surface area contributed by atoms with Crippen LogP contribution >= 0.6 is 0 Å². The van der Waals surface area contributed by atoms with Crippen LogP contribution in [0.25, 0.3) is 22.2 Å². The van der Waals surface area contributed by atoms with Crippen molar-refractivity contribution in [2.24, 2.45) is 0 Å². The fourth-order valence-corrected chi connectivity index (χ4v) is 3.41. The van der Waals surface area contributed by atoms with Crippen LogP contribution in [0.4, 0.5) is 19.1 Å². The second-order valence-electron chi connectivity index (χ2n) is 6.72. The molecule has 0 unspecified atom stereocenters. The molecule has 1 atom stereocenters. The molecule has 1 saturated heterocycles. The Labute approximate surface area is 158 Å². The van der Waals surface area contributed by atoms with Crippen molar-refractivity contribution in [2.75, 3.05) is 18.4 Å². The van der Waals surface area contributed by atoms with Gasteiger partial charge in [0.05, 0.1) is 17.3 Å². The van der Waals surface area contributed by atoms with Crippen molar-refractivity contribution < 1.29 is 13.2 Å². The van der Waals surface area contributed by atoms with Gasteiger partial charge in [0.1, 0.15) is 5.56 Å². The van der Waals surface area contributed by atoms with Gasteiger partial charge in [0.25, 0.3) is 0 Å². The molecule has 1 aromatic carbocycles. The molecular formula is C19H17F3N6. The normalized spacial score (nSPS) is 17.4. The molecule has 6 nitrogen and oxygen atoms in total. The molecule has 28 heavy (non-hydrogen) atoms. The first-order valence-corrected chi connectivity index (χ1v) is 8.89. The number of hydrogen-bond donors (Lipinski definition) is 3. The molecule has 4 rings (SSSR count). The smallest absolute Gasteiger partial charge is 0.360 e. The molecule has 1 fully saturated rings. The molecule has 0 bridgehead atoms. The predicted molar refractivity (Wildman–Crippen MR) is 98.6 cm³/mol. The zero-order valence-corrected chi connectivity index (χ0v) is 14.8. The van der Waals surface area contributed by atoms with Gasteiger partial charge in [-0.1, -0.05) is 6.07 Å². The maximum absolute atomic E-state index is 13.6. The number of anilines is 1. The van der Waals surface area contributed by atoms with Crippen LogP contribution in [-0.4, -0.2) is 34.1 Å². The Hall–Kier alpha value is -3.12. The molecule has 1 aliphatic rings. The first-order chi connectivity index (χ1) is 13.5. The van der Waals surface area contributed by atoms with Gasteiger partial charge in [-0.25, -0.2) is 9.97 Å². The number of aromatic amines is 1. The maximum atomic E-state index is 13.6. The van der Waals surface area contributed by atoms with Gasteiger partial charge in [-0.05, 0) is 31.5 Å². The number of fused-ring (bicyclic) bond motifs is 1. The number of nitriles is 1. The SMILES string of the molecule is N#Cc1ccc2c(-c3nc(N[C@H]4CCCNC4)ncc3C(F)(F)F)c[nH]c2c1. The van der Waals surface area contributed by atoms with E-state index in [1.165, 1.54) is 6.20 Å². The average molecular weight is 386 g/mol. The van der Waals surface area contributed by atoms with E-state index in [0.29, 0.717) is 28.6 Å². The van der Waals surface area contributed by atoms with Crippen molar-refractivity contribution in [3.8, 4) is 17.3 Å². The van der Waals surface area contributed by atoms with Gasteiger partial charge in [0, 0.05) is 41.4 Å². The van der Waals surface area contributed by atoms with Gasteiger partial charge >= 0.3 is 6.18 Å². The van der Waals surface area contributed by atoms with Crippen molar-refractivity contribution in [1.82, 2.24) is 20.3 Å². The largest absolute Gasteiger partial charge is 0.419 e. The number of alkyl halides is 3. The number of H-pyrrole nitrogens is 1. The third kappa shape index (κ3) is 3.51. The van der Waals surface area contributed by atoms with E-state index in [1.54, 1.807) is 18.2 Å². The zero-order valence-electron chi connectivity index (χ0n) is 14.8. The van der Waals surface area contributed by atoms with Gasteiger partial charge in [0.15, 0.2) is 0 Å². The highest BCUT2D eigenvalue weighted by molar-refractivity contribution is 5.96. The maximum Gasteiger partial charge on any atom is 0.419 e. The highest BCUT2D eigenvalue weighted by Gasteiger charge is 2.36. The highest BCUT2D eigenvalue weighted by atomic mass is 19.4. The summed E-state index contributed by atoms with van der Waals surface area (Å²) < 4.78 is 40.8. The molecular weight excluding hydrogens is 369 g/mol. The van der Waals surface area contributed by atoms with E-state index in [0.717, 1.165) is 25.6 Å². The Morgan fingerprint density at radius 2 is 2.14 bits per heavy atom. The Morgan fingerprint density at radius 1 is 1.29 bits per heavy atom. The third-order valence-corrected chi connectivity index (χ3v) is 4.79. The van der Waals surface area contributed by atoms with Crippen LogP contribution in [0.15, 0.2) is 30.6 Å². The molecule has 0 aliphatic carbocycles. The zero-order chi connectivity index (χ0) is 19.7. The number of aromatic nitrogens is 3. The molecule has 1 aliphatic heterocycles. The van der Waals surface area contributed by atoms with Crippen molar-refractivity contribution in [1.29, 1.82) is 5.26 Å². The number of nitrogens with one attached hydrogen (secondary N) is 3. The Kier molecular flexibility index (Phi) is 4.65. The molecule has 9 heteroatoms. The monoisotopic (exact) mass is 386 g/mol. The molecule has 2 aromatic heterocycles. The summed E-state index contributed by atoms with van der Waals surface area (Å²) in [4.78, 5) is 11.0. The van der Waals surface area contributed by atoms with Crippen LogP contribution in [0, 0.1) is 11.3 Å². The average Bonchev–Trinajstić information content (AvgIpc) is 3.11. The summed E-state index contributed by atoms with van der Waals surface area (Å²) >= 11 is 0. The lowest BCUT2D eigenvalue weighted by molar-refractivity contribution is -0.137. The Morgan fingerprint density at radius 3 is 2.86 bits per heavy atom. The van der Waals surface area contributed by atoms with Crippen LogP contribution in [0.3, 0.4) is 0 Å². The van der Waals surface area contributed by atoms with Crippen LogP contribution in [-0.2, 0) is 6.18 Å². The van der Waals surface area contributed by atoms with Gasteiger partial charge in [-0.15, -0.1) is 0 Å². The van der Waals surface area contributed by atoms with Crippen LogP contribution in [0.2, 0.25) is 0 Å². The summed E-state index contributed by atoms with van der Waals surface area (Å²) in [6, 6.07) is 6.88. The summed E-state index contributed by atoms with van der Waals surface area (Å²) in [5.74, 6) is 0.166. The molecule has 0 radical (unpaired) electrons. The summed E-state index contributed by atoms with van der Waals surface area (Å²) in [5.41, 5.74) is 0.229. The number of halogens is 3. The minimum absolute atomic E-state index is 0.0690. The predicted octanol–water partition coefficient (Wildman–Crippen LogP) is 3.68. The number of benzene rings is 1. The topological polar surface area (TPSA) is 89.4 Å². The van der Waals surface area contributed by atoms with Crippen LogP contribution in [0.1, 0.15) is 24.0 Å². The molecule has 3 heterocycles. The van der Waals surface area contributed by atoms with E-state index in [9.17, 15) is 13.2 Å². The van der Waals surface area contributed by atoms with E-state index in [1.807, 2.05) is 6.07 Å².